The molecule has 164 valence electrons. The van der Waals surface area contributed by atoms with E-state index in [4.69, 9.17) is 9.47 Å². The third kappa shape index (κ3) is 4.17. The number of anilines is 1. The summed E-state index contributed by atoms with van der Waals surface area (Å²) in [5.74, 6) is 0.990. The summed E-state index contributed by atoms with van der Waals surface area (Å²) in [5, 5.41) is 3.53. The van der Waals surface area contributed by atoms with Gasteiger partial charge >= 0.3 is 0 Å². The van der Waals surface area contributed by atoms with Crippen molar-refractivity contribution in [2.24, 2.45) is 0 Å². The predicted molar refractivity (Wildman–Crippen MR) is 118 cm³/mol. The second-order valence-electron chi connectivity index (χ2n) is 8.17. The Labute approximate surface area is 182 Å². The van der Waals surface area contributed by atoms with Gasteiger partial charge in [0.1, 0.15) is 6.17 Å². The molecule has 1 aliphatic carbocycles. The fourth-order valence-electron chi connectivity index (χ4n) is 3.91. The van der Waals surface area contributed by atoms with Gasteiger partial charge in [-0.25, -0.2) is 0 Å². The van der Waals surface area contributed by atoms with Crippen LogP contribution in [0.4, 0.5) is 5.69 Å². The first-order valence-electron chi connectivity index (χ1n) is 10.7. The zero-order valence-electron chi connectivity index (χ0n) is 18.4. The van der Waals surface area contributed by atoms with E-state index in [9.17, 15) is 9.59 Å². The molecule has 0 aromatic heterocycles. The number of likely N-dealkylation sites (N-methyl/N-ethyl adjacent to an activating group) is 1. The number of carbonyl (C=O) groups is 2. The normalized spacial score (nSPS) is 18.6. The van der Waals surface area contributed by atoms with Crippen LogP contribution in [0.15, 0.2) is 42.5 Å². The number of para-hydroxylation sites is 1. The predicted octanol–water partition coefficient (Wildman–Crippen LogP) is 3.67. The Morgan fingerprint density at radius 2 is 1.94 bits per heavy atom. The van der Waals surface area contributed by atoms with Gasteiger partial charge < -0.3 is 24.6 Å². The standard InChI is InChI=1S/C24H29N3O4/c1-5-30-21-14-16(10-13-20(21)31-15(2)23(28)26(3)4)22-25-19-9-7-6-8-18(19)24(29)27(22)17-11-12-17/h6-10,13-15,17,22,25H,5,11-12H2,1-4H3/t15-,22+/m1/s1. The number of fused-ring (bicyclic) bond motifs is 1. The van der Waals surface area contributed by atoms with E-state index in [0.717, 1.165) is 24.1 Å². The van der Waals surface area contributed by atoms with Crippen LogP contribution in [0.2, 0.25) is 0 Å². The van der Waals surface area contributed by atoms with Crippen LogP contribution >= 0.6 is 0 Å². The lowest BCUT2D eigenvalue weighted by Crippen LogP contribution is -2.44. The molecule has 2 aliphatic rings. The summed E-state index contributed by atoms with van der Waals surface area (Å²) in [6.45, 7) is 4.08. The van der Waals surface area contributed by atoms with Gasteiger partial charge in [-0.2, -0.15) is 0 Å². The molecular formula is C24H29N3O4. The van der Waals surface area contributed by atoms with Crippen LogP contribution in [-0.2, 0) is 4.79 Å². The molecule has 1 aliphatic heterocycles. The van der Waals surface area contributed by atoms with Gasteiger partial charge in [0.2, 0.25) is 0 Å². The zero-order valence-corrected chi connectivity index (χ0v) is 18.4. The van der Waals surface area contributed by atoms with Gasteiger partial charge in [0.15, 0.2) is 17.6 Å². The number of benzene rings is 2. The van der Waals surface area contributed by atoms with Crippen LogP contribution in [0.5, 0.6) is 11.5 Å². The van der Waals surface area contributed by atoms with Gasteiger partial charge in [0.05, 0.1) is 12.2 Å². The third-order valence-electron chi connectivity index (χ3n) is 5.58. The molecule has 0 unspecified atom stereocenters. The van der Waals surface area contributed by atoms with E-state index in [0.29, 0.717) is 23.7 Å². The molecule has 0 radical (unpaired) electrons. The van der Waals surface area contributed by atoms with E-state index in [1.807, 2.05) is 54.3 Å². The molecule has 2 aromatic rings. The third-order valence-corrected chi connectivity index (χ3v) is 5.58. The number of nitrogens with zero attached hydrogens (tertiary/aromatic N) is 2. The largest absolute Gasteiger partial charge is 0.490 e. The number of ether oxygens (including phenoxy) is 2. The van der Waals surface area contributed by atoms with Crippen molar-refractivity contribution in [1.82, 2.24) is 9.80 Å². The van der Waals surface area contributed by atoms with E-state index in [2.05, 4.69) is 5.32 Å². The maximum atomic E-state index is 13.2. The fourth-order valence-corrected chi connectivity index (χ4v) is 3.91. The summed E-state index contributed by atoms with van der Waals surface area (Å²) in [4.78, 5) is 28.9. The van der Waals surface area contributed by atoms with Crippen molar-refractivity contribution in [2.45, 2.75) is 45.0 Å². The molecule has 2 aromatic carbocycles. The zero-order chi connectivity index (χ0) is 22.1. The van der Waals surface area contributed by atoms with Gasteiger partial charge in [-0.3, -0.25) is 9.59 Å². The van der Waals surface area contributed by atoms with E-state index in [1.54, 1.807) is 21.0 Å². The van der Waals surface area contributed by atoms with E-state index in [-0.39, 0.29) is 24.0 Å². The number of hydrogen-bond donors (Lipinski definition) is 1. The molecule has 7 heteroatoms. The van der Waals surface area contributed by atoms with Gasteiger partial charge in [0, 0.05) is 25.8 Å². The summed E-state index contributed by atoms with van der Waals surface area (Å²) < 4.78 is 11.7. The fraction of sp³-hybridized carbons (Fsp3) is 0.417. The second-order valence-corrected chi connectivity index (χ2v) is 8.17. The molecule has 1 saturated carbocycles. The highest BCUT2D eigenvalue weighted by Gasteiger charge is 2.42. The Morgan fingerprint density at radius 1 is 1.19 bits per heavy atom. The number of nitrogens with one attached hydrogen (secondary N) is 1. The van der Waals surface area contributed by atoms with Crippen LogP contribution in [0.25, 0.3) is 0 Å². The summed E-state index contributed by atoms with van der Waals surface area (Å²) in [5.41, 5.74) is 2.45. The van der Waals surface area contributed by atoms with E-state index in [1.165, 1.54) is 4.90 Å². The number of hydrogen-bond acceptors (Lipinski definition) is 5. The molecule has 2 atom stereocenters. The lowest BCUT2D eigenvalue weighted by atomic mass is 10.0. The summed E-state index contributed by atoms with van der Waals surface area (Å²) >= 11 is 0. The lowest BCUT2D eigenvalue weighted by Gasteiger charge is -2.38. The Hall–Kier alpha value is -3.22. The molecule has 0 saturated heterocycles. The minimum atomic E-state index is -0.635. The SMILES string of the molecule is CCOc1cc([C@H]2Nc3ccccc3C(=O)N2C2CC2)ccc1O[C@H](C)C(=O)N(C)C. The van der Waals surface area contributed by atoms with Crippen molar-refractivity contribution < 1.29 is 19.1 Å². The smallest absolute Gasteiger partial charge is 0.262 e. The molecule has 1 N–H and O–H groups in total. The van der Waals surface area contributed by atoms with Crippen LogP contribution in [0, 0.1) is 0 Å². The maximum Gasteiger partial charge on any atom is 0.262 e. The molecule has 7 nitrogen and oxygen atoms in total. The van der Waals surface area contributed by atoms with E-state index < -0.39 is 6.10 Å². The molecule has 0 bridgehead atoms. The number of carbonyl (C=O) groups excluding carboxylic acids is 2. The van der Waals surface area contributed by atoms with Crippen LogP contribution in [-0.4, -0.2) is 54.5 Å². The molecule has 1 heterocycles. The lowest BCUT2D eigenvalue weighted by molar-refractivity contribution is -0.135. The summed E-state index contributed by atoms with van der Waals surface area (Å²) in [7, 11) is 3.40. The van der Waals surface area contributed by atoms with Gasteiger partial charge in [-0.1, -0.05) is 18.2 Å². The molecule has 1 fully saturated rings. The second kappa shape index (κ2) is 8.49. The minimum Gasteiger partial charge on any atom is -0.490 e. The molecule has 2 amide bonds. The quantitative estimate of drug-likeness (QED) is 0.736. The van der Waals surface area contributed by atoms with Crippen molar-refractivity contribution in [2.75, 3.05) is 26.0 Å². The van der Waals surface area contributed by atoms with Crippen molar-refractivity contribution in [3.05, 3.63) is 53.6 Å². The van der Waals surface area contributed by atoms with Crippen molar-refractivity contribution in [3.8, 4) is 11.5 Å². The van der Waals surface area contributed by atoms with Crippen molar-refractivity contribution in [3.63, 3.8) is 0 Å². The maximum absolute atomic E-state index is 13.2. The molecular weight excluding hydrogens is 394 g/mol. The summed E-state index contributed by atoms with van der Waals surface area (Å²) in [6.07, 6.45) is 1.10. The van der Waals surface area contributed by atoms with Crippen molar-refractivity contribution in [1.29, 1.82) is 0 Å². The van der Waals surface area contributed by atoms with Gasteiger partial charge in [0.25, 0.3) is 11.8 Å². The minimum absolute atomic E-state index is 0.0466. The highest BCUT2D eigenvalue weighted by molar-refractivity contribution is 6.02. The van der Waals surface area contributed by atoms with Crippen LogP contribution < -0.4 is 14.8 Å². The Balaban J connectivity index is 1.66. The number of rotatable bonds is 7. The Kier molecular flexibility index (Phi) is 5.76. The highest BCUT2D eigenvalue weighted by Crippen LogP contribution is 2.42. The first-order chi connectivity index (χ1) is 14.9. The first-order valence-corrected chi connectivity index (χ1v) is 10.7. The van der Waals surface area contributed by atoms with Gasteiger partial charge in [-0.05, 0) is 56.5 Å². The van der Waals surface area contributed by atoms with Gasteiger partial charge in [-0.15, -0.1) is 0 Å². The van der Waals surface area contributed by atoms with Crippen LogP contribution in [0.1, 0.15) is 48.8 Å². The van der Waals surface area contributed by atoms with E-state index >= 15 is 0 Å². The molecule has 31 heavy (non-hydrogen) atoms. The highest BCUT2D eigenvalue weighted by atomic mass is 16.5. The molecule has 0 spiro atoms. The number of amides is 2. The Morgan fingerprint density at radius 3 is 2.61 bits per heavy atom. The average molecular weight is 424 g/mol. The summed E-state index contributed by atoms with van der Waals surface area (Å²) in [6, 6.07) is 13.5. The Bertz CT molecular complexity index is 987. The average Bonchev–Trinajstić information content (AvgIpc) is 3.59. The monoisotopic (exact) mass is 423 g/mol. The topological polar surface area (TPSA) is 71.1 Å². The first kappa shape index (κ1) is 21.0. The molecule has 4 rings (SSSR count). The van der Waals surface area contributed by atoms with Crippen molar-refractivity contribution >= 4 is 17.5 Å². The van der Waals surface area contributed by atoms with Crippen LogP contribution in [0.3, 0.4) is 0 Å².